The molecule has 3 amide bonds. The zero-order valence-corrected chi connectivity index (χ0v) is 21.6. The normalized spacial score (nSPS) is 18.9. The van der Waals surface area contributed by atoms with Gasteiger partial charge in [-0.1, -0.05) is 48.5 Å². The van der Waals surface area contributed by atoms with Gasteiger partial charge in [0.2, 0.25) is 17.7 Å². The highest BCUT2D eigenvalue weighted by Gasteiger charge is 2.56. The Kier molecular flexibility index (Phi) is 7.85. The Balaban J connectivity index is 1.90. The average Bonchev–Trinajstić information content (AvgIpc) is 2.90. The Morgan fingerprint density at radius 2 is 1.49 bits per heavy atom. The number of non-ortho nitro benzene ring substituents is 1. The second kappa shape index (κ2) is 11.3. The van der Waals surface area contributed by atoms with Crippen LogP contribution in [0.4, 0.5) is 17.1 Å². The molecule has 10 nitrogen and oxygen atoms in total. The van der Waals surface area contributed by atoms with Crippen molar-refractivity contribution in [1.29, 1.82) is 0 Å². The van der Waals surface area contributed by atoms with Crippen molar-refractivity contribution in [2.24, 2.45) is 11.8 Å². The highest BCUT2D eigenvalue weighted by Crippen LogP contribution is 2.43. The van der Waals surface area contributed by atoms with Crippen LogP contribution in [-0.2, 0) is 23.9 Å². The van der Waals surface area contributed by atoms with E-state index in [0.717, 1.165) is 10.5 Å². The van der Waals surface area contributed by atoms with E-state index in [1.165, 1.54) is 24.3 Å². The van der Waals surface area contributed by atoms with Crippen molar-refractivity contribution >= 4 is 40.8 Å². The summed E-state index contributed by atoms with van der Waals surface area (Å²) in [6.07, 6.45) is 0. The maximum Gasteiger partial charge on any atom is 0.319 e. The van der Waals surface area contributed by atoms with Gasteiger partial charge in [-0.25, -0.2) is 4.90 Å². The molecule has 200 valence electrons. The molecule has 0 saturated carbocycles. The van der Waals surface area contributed by atoms with Gasteiger partial charge in [0, 0.05) is 23.7 Å². The summed E-state index contributed by atoms with van der Waals surface area (Å²) in [6, 6.07) is 18.8. The van der Waals surface area contributed by atoms with Crippen LogP contribution < -0.4 is 10.2 Å². The van der Waals surface area contributed by atoms with E-state index >= 15 is 0 Å². The van der Waals surface area contributed by atoms with Crippen LogP contribution in [0.2, 0.25) is 0 Å². The standard InChI is InChI=1S/C29H27N3O7/c1-4-39-29(36)25-23(19-13-15-20(16-14-19)32(37)38)24(26(33)30-21-11-7-5-9-17(21)2)27(34)31(28(25)35)22-12-8-6-10-18(22)3/h5-16,23-25H,4H2,1-3H3,(H,30,33). The van der Waals surface area contributed by atoms with Gasteiger partial charge in [-0.2, -0.15) is 0 Å². The van der Waals surface area contributed by atoms with Crippen molar-refractivity contribution in [3.63, 3.8) is 0 Å². The summed E-state index contributed by atoms with van der Waals surface area (Å²) >= 11 is 0. The Hall–Kier alpha value is -4.86. The topological polar surface area (TPSA) is 136 Å². The number of rotatable bonds is 7. The summed E-state index contributed by atoms with van der Waals surface area (Å²) < 4.78 is 5.24. The number of carbonyl (C=O) groups excluding carboxylic acids is 4. The molecule has 4 rings (SSSR count). The SMILES string of the molecule is CCOC(=O)C1C(=O)N(c2ccccc2C)C(=O)C(C(=O)Nc2ccccc2C)C1c1ccc([N+](=O)[O-])cc1. The third kappa shape index (κ3) is 5.26. The second-order valence-corrected chi connectivity index (χ2v) is 9.18. The molecule has 1 saturated heterocycles. The van der Waals surface area contributed by atoms with Gasteiger partial charge in [0.15, 0.2) is 0 Å². The molecule has 0 aliphatic carbocycles. The summed E-state index contributed by atoms with van der Waals surface area (Å²) in [5.41, 5.74) is 2.07. The number of esters is 1. The highest BCUT2D eigenvalue weighted by molar-refractivity contribution is 6.28. The molecule has 1 fully saturated rings. The number of hydrogen-bond acceptors (Lipinski definition) is 7. The predicted octanol–water partition coefficient (Wildman–Crippen LogP) is 4.30. The van der Waals surface area contributed by atoms with E-state index in [1.807, 2.05) is 0 Å². The van der Waals surface area contributed by atoms with E-state index in [2.05, 4.69) is 5.32 Å². The number of benzene rings is 3. The van der Waals surface area contributed by atoms with E-state index < -0.39 is 46.4 Å². The molecule has 1 N–H and O–H groups in total. The maximum absolute atomic E-state index is 14.1. The number of nitrogens with one attached hydrogen (secondary N) is 1. The van der Waals surface area contributed by atoms with Gasteiger partial charge < -0.3 is 10.1 Å². The summed E-state index contributed by atoms with van der Waals surface area (Å²) in [5, 5.41) is 14.0. The van der Waals surface area contributed by atoms with E-state index in [-0.39, 0.29) is 23.5 Å². The van der Waals surface area contributed by atoms with Gasteiger partial charge >= 0.3 is 5.97 Å². The molecule has 3 unspecified atom stereocenters. The third-order valence-electron chi connectivity index (χ3n) is 6.76. The number of piperidine rings is 1. The van der Waals surface area contributed by atoms with Gasteiger partial charge in [0.05, 0.1) is 17.2 Å². The molecule has 0 radical (unpaired) electrons. The van der Waals surface area contributed by atoms with Crippen LogP contribution in [0.5, 0.6) is 0 Å². The highest BCUT2D eigenvalue weighted by atomic mass is 16.6. The Labute approximate surface area is 224 Å². The molecule has 0 spiro atoms. The molecule has 0 bridgehead atoms. The van der Waals surface area contributed by atoms with Crippen molar-refractivity contribution in [3.8, 4) is 0 Å². The van der Waals surface area contributed by atoms with Crippen LogP contribution in [-0.4, -0.2) is 35.2 Å². The summed E-state index contributed by atoms with van der Waals surface area (Å²) in [7, 11) is 0. The largest absolute Gasteiger partial charge is 0.465 e. The number of nitro benzene ring substituents is 1. The zero-order chi connectivity index (χ0) is 28.3. The number of imide groups is 1. The first-order valence-corrected chi connectivity index (χ1v) is 12.4. The molecular formula is C29H27N3O7. The fourth-order valence-corrected chi connectivity index (χ4v) is 4.82. The van der Waals surface area contributed by atoms with E-state index in [1.54, 1.807) is 69.3 Å². The van der Waals surface area contributed by atoms with Gasteiger partial charge in [0.1, 0.15) is 11.8 Å². The molecule has 3 aromatic rings. The number of nitrogens with zero attached hydrogens (tertiary/aromatic N) is 2. The minimum absolute atomic E-state index is 0.0338. The molecule has 1 aliphatic rings. The molecule has 0 aromatic heterocycles. The fraction of sp³-hybridized carbons (Fsp3) is 0.241. The van der Waals surface area contributed by atoms with Crippen LogP contribution in [0.3, 0.4) is 0 Å². The Bertz CT molecular complexity index is 1450. The minimum Gasteiger partial charge on any atom is -0.465 e. The van der Waals surface area contributed by atoms with Gasteiger partial charge in [-0.05, 0) is 49.6 Å². The fourth-order valence-electron chi connectivity index (χ4n) is 4.82. The quantitative estimate of drug-likeness (QED) is 0.158. The van der Waals surface area contributed by atoms with E-state index in [9.17, 15) is 29.3 Å². The summed E-state index contributed by atoms with van der Waals surface area (Å²) in [6.45, 7) is 5.05. The van der Waals surface area contributed by atoms with Crippen molar-refractivity contribution in [1.82, 2.24) is 0 Å². The lowest BCUT2D eigenvalue weighted by molar-refractivity contribution is -0.384. The van der Waals surface area contributed by atoms with Crippen molar-refractivity contribution in [2.45, 2.75) is 26.7 Å². The van der Waals surface area contributed by atoms with E-state index in [4.69, 9.17) is 4.74 Å². The smallest absolute Gasteiger partial charge is 0.319 e. The summed E-state index contributed by atoms with van der Waals surface area (Å²) in [4.78, 5) is 66.7. The predicted molar refractivity (Wildman–Crippen MR) is 143 cm³/mol. The maximum atomic E-state index is 14.1. The Morgan fingerprint density at radius 3 is 2.08 bits per heavy atom. The number of anilines is 2. The molecule has 3 aromatic carbocycles. The van der Waals surface area contributed by atoms with Crippen molar-refractivity contribution < 1.29 is 28.8 Å². The molecule has 3 atom stereocenters. The molecule has 39 heavy (non-hydrogen) atoms. The van der Waals surface area contributed by atoms with Crippen LogP contribution in [0.15, 0.2) is 72.8 Å². The third-order valence-corrected chi connectivity index (χ3v) is 6.76. The van der Waals surface area contributed by atoms with Gasteiger partial charge in [0.25, 0.3) is 5.69 Å². The minimum atomic E-state index is -1.56. The zero-order valence-electron chi connectivity index (χ0n) is 21.6. The van der Waals surface area contributed by atoms with Crippen LogP contribution in [0, 0.1) is 35.8 Å². The lowest BCUT2D eigenvalue weighted by Crippen LogP contribution is -2.59. The van der Waals surface area contributed by atoms with Crippen LogP contribution >= 0.6 is 0 Å². The number of amides is 3. The molecule has 1 aliphatic heterocycles. The number of nitro groups is 1. The lowest BCUT2D eigenvalue weighted by Gasteiger charge is -2.40. The monoisotopic (exact) mass is 529 g/mol. The number of ether oxygens (including phenoxy) is 1. The van der Waals surface area contributed by atoms with Gasteiger partial charge in [-0.3, -0.25) is 29.3 Å². The first-order chi connectivity index (χ1) is 18.6. The molecular weight excluding hydrogens is 502 g/mol. The van der Waals surface area contributed by atoms with E-state index in [0.29, 0.717) is 11.3 Å². The van der Waals surface area contributed by atoms with Crippen LogP contribution in [0.1, 0.15) is 29.5 Å². The van der Waals surface area contributed by atoms with Gasteiger partial charge in [-0.15, -0.1) is 0 Å². The average molecular weight is 530 g/mol. The molecule has 1 heterocycles. The number of aryl methyl sites for hydroxylation is 2. The second-order valence-electron chi connectivity index (χ2n) is 9.18. The first kappa shape index (κ1) is 27.2. The number of carbonyl (C=O) groups is 4. The Morgan fingerprint density at radius 1 is 0.897 bits per heavy atom. The summed E-state index contributed by atoms with van der Waals surface area (Å²) in [5.74, 6) is -7.63. The lowest BCUT2D eigenvalue weighted by atomic mass is 9.71. The van der Waals surface area contributed by atoms with Crippen molar-refractivity contribution in [3.05, 3.63) is 99.6 Å². The van der Waals surface area contributed by atoms with Crippen molar-refractivity contribution in [2.75, 3.05) is 16.8 Å². The van der Waals surface area contributed by atoms with Crippen LogP contribution in [0.25, 0.3) is 0 Å². The number of para-hydroxylation sites is 2. The number of hydrogen-bond donors (Lipinski definition) is 1. The molecule has 10 heteroatoms. The first-order valence-electron chi connectivity index (χ1n) is 12.4.